The van der Waals surface area contributed by atoms with Gasteiger partial charge in [0.05, 0.1) is 23.8 Å². The van der Waals surface area contributed by atoms with E-state index in [9.17, 15) is 21.6 Å². The monoisotopic (exact) mass is 480 g/mol. The van der Waals surface area contributed by atoms with Gasteiger partial charge in [0.25, 0.3) is 10.0 Å². The van der Waals surface area contributed by atoms with Crippen molar-refractivity contribution >= 4 is 21.5 Å². The van der Waals surface area contributed by atoms with E-state index in [1.54, 1.807) is 30.3 Å². The molecule has 0 spiro atoms. The first kappa shape index (κ1) is 22.8. The Kier molecular flexibility index (Phi) is 6.38. The second kappa shape index (κ2) is 9.24. The van der Waals surface area contributed by atoms with Crippen LogP contribution in [0, 0.1) is 0 Å². The Hall–Kier alpha value is -3.38. The van der Waals surface area contributed by atoms with Crippen LogP contribution < -0.4 is 14.4 Å². The first-order chi connectivity index (χ1) is 15.7. The third kappa shape index (κ3) is 5.90. The van der Waals surface area contributed by atoms with Gasteiger partial charge in [0.1, 0.15) is 5.75 Å². The van der Waals surface area contributed by atoms with Crippen LogP contribution in [0.4, 0.5) is 24.7 Å². The van der Waals surface area contributed by atoms with Gasteiger partial charge >= 0.3 is 6.36 Å². The molecule has 174 valence electrons. The summed E-state index contributed by atoms with van der Waals surface area (Å²) in [5.74, 6) is 0.222. The molecule has 1 N–H and O–H groups in total. The maximum atomic E-state index is 12.6. The average molecular weight is 480 g/mol. The van der Waals surface area contributed by atoms with Gasteiger partial charge in [-0.3, -0.25) is 4.72 Å². The summed E-state index contributed by atoms with van der Waals surface area (Å²) in [6.45, 7) is 2.72. The Balaban J connectivity index is 1.48. The first-order valence-corrected chi connectivity index (χ1v) is 11.3. The summed E-state index contributed by atoms with van der Waals surface area (Å²) in [6, 6.07) is 14.1. The minimum Gasteiger partial charge on any atom is -0.406 e. The minimum atomic E-state index is -4.86. The van der Waals surface area contributed by atoms with Gasteiger partial charge in [-0.2, -0.15) is 0 Å². The highest BCUT2D eigenvalue weighted by atomic mass is 32.2. The number of morpholine rings is 1. The third-order valence-corrected chi connectivity index (χ3v) is 6.16. The highest BCUT2D eigenvalue weighted by molar-refractivity contribution is 7.92. The van der Waals surface area contributed by atoms with Gasteiger partial charge in [-0.1, -0.05) is 12.1 Å². The van der Waals surface area contributed by atoms with Gasteiger partial charge in [-0.05, 0) is 48.5 Å². The van der Waals surface area contributed by atoms with Crippen molar-refractivity contribution in [1.82, 2.24) is 10.2 Å². The number of hydrogen-bond acceptors (Lipinski definition) is 7. The molecule has 1 aliphatic rings. The van der Waals surface area contributed by atoms with Crippen LogP contribution in [0.5, 0.6) is 5.75 Å². The summed E-state index contributed by atoms with van der Waals surface area (Å²) >= 11 is 0. The quantitative estimate of drug-likeness (QED) is 0.575. The number of nitrogens with zero attached hydrogens (tertiary/aromatic N) is 3. The lowest BCUT2D eigenvalue weighted by atomic mass is 10.1. The summed E-state index contributed by atoms with van der Waals surface area (Å²) in [6.07, 6.45) is -4.86. The van der Waals surface area contributed by atoms with E-state index in [0.29, 0.717) is 24.5 Å². The fourth-order valence-corrected chi connectivity index (χ4v) is 4.27. The van der Waals surface area contributed by atoms with Crippen molar-refractivity contribution in [2.75, 3.05) is 35.9 Å². The van der Waals surface area contributed by atoms with Crippen molar-refractivity contribution in [1.29, 1.82) is 0 Å². The van der Waals surface area contributed by atoms with Crippen LogP contribution in [0.2, 0.25) is 0 Å². The Morgan fingerprint density at radius 1 is 0.970 bits per heavy atom. The number of aromatic nitrogens is 2. The molecule has 8 nitrogen and oxygen atoms in total. The molecule has 0 radical (unpaired) electrons. The number of anilines is 2. The van der Waals surface area contributed by atoms with E-state index in [1.807, 2.05) is 6.07 Å². The van der Waals surface area contributed by atoms with Crippen molar-refractivity contribution in [3.63, 3.8) is 0 Å². The maximum absolute atomic E-state index is 12.6. The summed E-state index contributed by atoms with van der Waals surface area (Å²) in [5.41, 5.74) is 1.47. The van der Waals surface area contributed by atoms with Gasteiger partial charge in [0.15, 0.2) is 5.82 Å². The van der Waals surface area contributed by atoms with Gasteiger partial charge in [0.2, 0.25) is 0 Å². The van der Waals surface area contributed by atoms with Crippen LogP contribution in [-0.4, -0.2) is 51.3 Å². The fourth-order valence-electron chi connectivity index (χ4n) is 3.22. The predicted octanol–water partition coefficient (Wildman–Crippen LogP) is 3.68. The van der Waals surface area contributed by atoms with Gasteiger partial charge in [-0.15, -0.1) is 23.4 Å². The fraction of sp³-hybridized carbons (Fsp3) is 0.238. The predicted molar refractivity (Wildman–Crippen MR) is 114 cm³/mol. The number of rotatable bonds is 6. The first-order valence-electron chi connectivity index (χ1n) is 9.85. The molecule has 0 amide bonds. The molecule has 0 aliphatic carbocycles. The van der Waals surface area contributed by atoms with E-state index < -0.39 is 22.1 Å². The summed E-state index contributed by atoms with van der Waals surface area (Å²) in [7, 11) is -4.04. The van der Waals surface area contributed by atoms with Gasteiger partial charge in [0, 0.05) is 24.3 Å². The van der Waals surface area contributed by atoms with Gasteiger partial charge < -0.3 is 14.4 Å². The number of nitrogens with one attached hydrogen (secondary N) is 1. The highest BCUT2D eigenvalue weighted by Crippen LogP contribution is 2.26. The summed E-state index contributed by atoms with van der Waals surface area (Å²) < 4.78 is 73.7. The smallest absolute Gasteiger partial charge is 0.406 e. The largest absolute Gasteiger partial charge is 0.573 e. The lowest BCUT2D eigenvalue weighted by molar-refractivity contribution is -0.274. The van der Waals surface area contributed by atoms with E-state index in [2.05, 4.69) is 24.6 Å². The van der Waals surface area contributed by atoms with Crippen LogP contribution in [0.15, 0.2) is 65.6 Å². The van der Waals surface area contributed by atoms with Crippen molar-refractivity contribution in [2.45, 2.75) is 11.3 Å². The van der Waals surface area contributed by atoms with E-state index >= 15 is 0 Å². The zero-order valence-electron chi connectivity index (χ0n) is 17.1. The average Bonchev–Trinajstić information content (AvgIpc) is 2.79. The van der Waals surface area contributed by atoms with Crippen molar-refractivity contribution in [2.24, 2.45) is 0 Å². The van der Waals surface area contributed by atoms with Crippen molar-refractivity contribution < 1.29 is 31.1 Å². The van der Waals surface area contributed by atoms with Crippen LogP contribution in [0.3, 0.4) is 0 Å². The lowest BCUT2D eigenvalue weighted by Gasteiger charge is -2.27. The molecule has 0 atom stereocenters. The number of benzene rings is 2. The lowest BCUT2D eigenvalue weighted by Crippen LogP contribution is -2.36. The molecular formula is C21H19F3N4O4S. The molecule has 4 rings (SSSR count). The Bertz CT molecular complexity index is 1200. The number of alkyl halides is 3. The topological polar surface area (TPSA) is 93.7 Å². The second-order valence-electron chi connectivity index (χ2n) is 7.08. The standard InChI is InChI=1S/C21H19F3N4O4S/c22-21(23,24)32-17-4-6-18(7-5-17)33(29,30)27-16-3-1-2-15(14-16)19-8-9-20(26-25-19)28-10-12-31-13-11-28/h1-9,14,27H,10-13H2. The van der Waals surface area contributed by atoms with E-state index in [1.165, 1.54) is 0 Å². The van der Waals surface area contributed by atoms with Crippen molar-refractivity contribution in [3.05, 3.63) is 60.7 Å². The molecule has 0 bridgehead atoms. The molecule has 2 aromatic carbocycles. The van der Waals surface area contributed by atoms with Crippen LogP contribution >= 0.6 is 0 Å². The van der Waals surface area contributed by atoms with Crippen LogP contribution in [0.25, 0.3) is 11.3 Å². The van der Waals surface area contributed by atoms with E-state index in [-0.39, 0.29) is 10.6 Å². The van der Waals surface area contributed by atoms with Gasteiger partial charge in [-0.25, -0.2) is 8.42 Å². The summed E-state index contributed by atoms with van der Waals surface area (Å²) in [5, 5.41) is 8.50. The molecule has 3 aromatic rings. The normalized spacial score (nSPS) is 14.7. The molecule has 33 heavy (non-hydrogen) atoms. The number of hydrogen-bond donors (Lipinski definition) is 1. The van der Waals surface area contributed by atoms with Crippen LogP contribution in [-0.2, 0) is 14.8 Å². The summed E-state index contributed by atoms with van der Waals surface area (Å²) in [4.78, 5) is 1.85. The maximum Gasteiger partial charge on any atom is 0.573 e. The zero-order valence-corrected chi connectivity index (χ0v) is 17.9. The molecule has 1 fully saturated rings. The van der Waals surface area contributed by atoms with Crippen molar-refractivity contribution in [3.8, 4) is 17.0 Å². The molecular weight excluding hydrogens is 461 g/mol. The van der Waals surface area contributed by atoms with Crippen LogP contribution in [0.1, 0.15) is 0 Å². The Morgan fingerprint density at radius 2 is 1.70 bits per heavy atom. The molecule has 2 heterocycles. The zero-order chi connectivity index (χ0) is 23.5. The minimum absolute atomic E-state index is 0.211. The molecule has 1 aliphatic heterocycles. The van der Waals surface area contributed by atoms with E-state index in [4.69, 9.17) is 4.74 Å². The SMILES string of the molecule is O=S(=O)(Nc1cccc(-c2ccc(N3CCOCC3)nn2)c1)c1ccc(OC(F)(F)F)cc1. The molecule has 0 unspecified atom stereocenters. The Labute approximate surface area is 188 Å². The highest BCUT2D eigenvalue weighted by Gasteiger charge is 2.31. The molecule has 1 aromatic heterocycles. The third-order valence-electron chi connectivity index (χ3n) is 4.76. The second-order valence-corrected chi connectivity index (χ2v) is 8.76. The molecule has 1 saturated heterocycles. The number of halogens is 3. The molecule has 12 heteroatoms. The molecule has 0 saturated carbocycles. The number of sulfonamides is 1. The Morgan fingerprint density at radius 3 is 2.33 bits per heavy atom. The number of ether oxygens (including phenoxy) is 2. The van der Waals surface area contributed by atoms with E-state index in [0.717, 1.165) is 43.2 Å².